The lowest BCUT2D eigenvalue weighted by Gasteiger charge is -2.34. The van der Waals surface area contributed by atoms with Crippen LogP contribution in [0.2, 0.25) is 0 Å². The van der Waals surface area contributed by atoms with Crippen LogP contribution in [-0.4, -0.2) is 177 Å². The molecule has 2 fully saturated rings. The van der Waals surface area contributed by atoms with Gasteiger partial charge in [-0.15, -0.1) is 0 Å². The van der Waals surface area contributed by atoms with Gasteiger partial charge in [-0.2, -0.15) is 0 Å². The first-order chi connectivity index (χ1) is 32.2. The molecule has 0 unspecified atom stereocenters. The minimum atomic E-state index is -1.21. The summed E-state index contributed by atoms with van der Waals surface area (Å²) in [6.07, 6.45) is -0.945. The monoisotopic (exact) mass is 930 g/mol. The van der Waals surface area contributed by atoms with Crippen LogP contribution in [0.25, 0.3) is 0 Å². The standard InChI is InChI=1S/C50H75N9O8/c1-37(2)45(52-49(63)55(5)21-23-57-25-29-65-30-26-57)47(61)51-43(33-39-13-9-7-10-14-39)44(60)35-59(34-40-17-19-42(20-18-40)67-36-41-15-11-8-12-16-41)54-48(62)46(38(3)4)53-50(64)56(6)22-24-58-27-31-66-32-28-58/h7-20,37-38,43-46,60H,21-36H2,1-6H3,(H,51,61)(H,52,63)(H,53,64)(H,54,62)/t43-,44-,45-,46-/m0/s1. The molecule has 0 bridgehead atoms. The van der Waals surface area contributed by atoms with Crippen LogP contribution in [0.4, 0.5) is 9.59 Å². The van der Waals surface area contributed by atoms with Gasteiger partial charge in [0.2, 0.25) is 5.91 Å². The summed E-state index contributed by atoms with van der Waals surface area (Å²) in [7, 11) is 3.42. The average Bonchev–Trinajstić information content (AvgIpc) is 3.33. The molecule has 67 heavy (non-hydrogen) atoms. The fraction of sp³-hybridized carbons (Fsp3) is 0.560. The SMILES string of the molecule is CC(C)[C@H](NC(=O)N(C)CCN1CCOCC1)C(=O)N[C@@H](Cc1ccccc1)[C@@H](O)CN(Cc1ccc(OCc2ccccc2)cc1)NC(=O)[C@@H](NC(=O)N(C)CCN1CCOCC1)C(C)C. The highest BCUT2D eigenvalue weighted by molar-refractivity contribution is 5.88. The van der Waals surface area contributed by atoms with Crippen molar-refractivity contribution in [1.82, 2.24) is 46.0 Å². The second kappa shape index (κ2) is 27.5. The van der Waals surface area contributed by atoms with Gasteiger partial charge in [0.05, 0.1) is 38.6 Å². The van der Waals surface area contributed by atoms with E-state index in [0.717, 1.165) is 42.9 Å². The normalized spacial score (nSPS) is 16.4. The van der Waals surface area contributed by atoms with E-state index in [1.165, 1.54) is 0 Å². The van der Waals surface area contributed by atoms with Gasteiger partial charge in [0.1, 0.15) is 24.4 Å². The van der Waals surface area contributed by atoms with E-state index in [2.05, 4.69) is 31.2 Å². The van der Waals surface area contributed by atoms with Crippen molar-refractivity contribution in [3.63, 3.8) is 0 Å². The molecule has 2 heterocycles. The first-order valence-corrected chi connectivity index (χ1v) is 23.7. The van der Waals surface area contributed by atoms with Crippen molar-refractivity contribution >= 4 is 23.9 Å². The van der Waals surface area contributed by atoms with Gasteiger partial charge in [0.25, 0.3) is 5.91 Å². The number of likely N-dealkylation sites (N-methyl/N-ethyl adjacent to an activating group) is 2. The molecule has 0 radical (unpaired) electrons. The van der Waals surface area contributed by atoms with Crippen molar-refractivity contribution in [2.75, 3.05) is 99.4 Å². The molecule has 5 N–H and O–H groups in total. The van der Waals surface area contributed by atoms with E-state index in [9.17, 15) is 24.3 Å². The molecule has 2 aliphatic heterocycles. The van der Waals surface area contributed by atoms with Gasteiger partial charge >= 0.3 is 12.1 Å². The quantitative estimate of drug-likeness (QED) is 0.0834. The lowest BCUT2D eigenvalue weighted by atomic mass is 9.98. The molecule has 0 aliphatic carbocycles. The molecular formula is C50H75N9O8. The third-order valence-corrected chi connectivity index (χ3v) is 12.2. The van der Waals surface area contributed by atoms with E-state index in [-0.39, 0.29) is 43.4 Å². The third kappa shape index (κ3) is 18.0. The van der Waals surface area contributed by atoms with E-state index in [1.807, 2.05) is 113 Å². The molecule has 3 aromatic rings. The van der Waals surface area contributed by atoms with Crippen molar-refractivity contribution in [2.45, 2.75) is 71.5 Å². The van der Waals surface area contributed by atoms with E-state index in [0.29, 0.717) is 65.0 Å². The molecule has 0 aromatic heterocycles. The number of morpholine rings is 2. The van der Waals surface area contributed by atoms with Crippen LogP contribution in [0.1, 0.15) is 44.4 Å². The summed E-state index contributed by atoms with van der Waals surface area (Å²) in [5.41, 5.74) is 5.75. The van der Waals surface area contributed by atoms with Crippen LogP contribution in [-0.2, 0) is 38.6 Å². The Kier molecular flexibility index (Phi) is 21.6. The lowest BCUT2D eigenvalue weighted by molar-refractivity contribution is -0.131. The summed E-state index contributed by atoms with van der Waals surface area (Å²) in [5.74, 6) is -0.778. The predicted octanol–water partition coefficient (Wildman–Crippen LogP) is 3.18. The number of hydrazine groups is 1. The minimum absolute atomic E-state index is 0.100. The molecule has 2 aliphatic rings. The van der Waals surface area contributed by atoms with Gasteiger partial charge in [-0.3, -0.25) is 24.8 Å². The molecule has 17 nitrogen and oxygen atoms in total. The highest BCUT2D eigenvalue weighted by atomic mass is 16.5. The topological polar surface area (TPSA) is 181 Å². The lowest BCUT2D eigenvalue weighted by Crippen LogP contribution is -2.60. The number of aliphatic hydroxyl groups is 1. The number of carbonyl (C=O) groups is 4. The number of rotatable bonds is 24. The number of benzene rings is 3. The summed E-state index contributed by atoms with van der Waals surface area (Å²) in [6.45, 7) is 16.1. The highest BCUT2D eigenvalue weighted by Crippen LogP contribution is 2.17. The molecule has 368 valence electrons. The Morgan fingerprint density at radius 3 is 1.61 bits per heavy atom. The summed E-state index contributed by atoms with van der Waals surface area (Å²) in [5, 5.41) is 22.8. The van der Waals surface area contributed by atoms with Crippen LogP contribution in [0, 0.1) is 11.8 Å². The number of hydrogen-bond donors (Lipinski definition) is 5. The molecule has 5 rings (SSSR count). The van der Waals surface area contributed by atoms with Crippen molar-refractivity contribution < 1.29 is 38.5 Å². The largest absolute Gasteiger partial charge is 0.489 e. The summed E-state index contributed by atoms with van der Waals surface area (Å²) in [4.78, 5) is 63.1. The Morgan fingerprint density at radius 1 is 0.642 bits per heavy atom. The molecule has 0 spiro atoms. The fourth-order valence-corrected chi connectivity index (χ4v) is 7.80. The molecule has 3 aromatic carbocycles. The van der Waals surface area contributed by atoms with Gasteiger partial charge < -0.3 is 45.1 Å². The Hall–Kier alpha value is -5.30. The van der Waals surface area contributed by atoms with Crippen LogP contribution < -0.4 is 26.1 Å². The number of ether oxygens (including phenoxy) is 3. The predicted molar refractivity (Wildman–Crippen MR) is 258 cm³/mol. The summed E-state index contributed by atoms with van der Waals surface area (Å²) < 4.78 is 16.9. The molecular weight excluding hydrogens is 855 g/mol. The Morgan fingerprint density at radius 2 is 1.12 bits per heavy atom. The molecule has 2 saturated heterocycles. The molecule has 6 amide bonds. The zero-order valence-corrected chi connectivity index (χ0v) is 40.4. The van der Waals surface area contributed by atoms with Gasteiger partial charge in [-0.25, -0.2) is 14.6 Å². The first kappa shape index (κ1) is 52.7. The first-order valence-electron chi connectivity index (χ1n) is 23.7. The van der Waals surface area contributed by atoms with E-state index in [1.54, 1.807) is 28.9 Å². The number of nitrogens with one attached hydrogen (secondary N) is 4. The zero-order chi connectivity index (χ0) is 48.1. The van der Waals surface area contributed by atoms with E-state index < -0.39 is 36.0 Å². The number of amides is 6. The van der Waals surface area contributed by atoms with Crippen LogP contribution in [0.15, 0.2) is 84.9 Å². The van der Waals surface area contributed by atoms with Crippen molar-refractivity contribution in [2.24, 2.45) is 11.8 Å². The van der Waals surface area contributed by atoms with Crippen LogP contribution in [0.3, 0.4) is 0 Å². The maximum Gasteiger partial charge on any atom is 0.317 e. The van der Waals surface area contributed by atoms with Crippen molar-refractivity contribution in [3.05, 3.63) is 102 Å². The van der Waals surface area contributed by atoms with Gasteiger partial charge in [0, 0.05) is 79.5 Å². The number of urea groups is 2. The third-order valence-electron chi connectivity index (χ3n) is 12.2. The molecule has 4 atom stereocenters. The van der Waals surface area contributed by atoms with E-state index >= 15 is 0 Å². The van der Waals surface area contributed by atoms with Crippen LogP contribution in [0.5, 0.6) is 5.75 Å². The molecule has 17 heteroatoms. The number of carbonyl (C=O) groups excluding carboxylic acids is 4. The Labute approximate surface area is 397 Å². The maximum absolute atomic E-state index is 14.3. The van der Waals surface area contributed by atoms with Gasteiger partial charge in [-0.1, -0.05) is 100 Å². The van der Waals surface area contributed by atoms with Gasteiger partial charge in [-0.05, 0) is 47.1 Å². The molecule has 0 saturated carbocycles. The second-order valence-corrected chi connectivity index (χ2v) is 18.2. The summed E-state index contributed by atoms with van der Waals surface area (Å²) in [6, 6.07) is 23.5. The van der Waals surface area contributed by atoms with Crippen molar-refractivity contribution in [3.8, 4) is 5.75 Å². The van der Waals surface area contributed by atoms with Gasteiger partial charge in [0.15, 0.2) is 0 Å². The smallest absolute Gasteiger partial charge is 0.317 e. The number of aliphatic hydroxyl groups excluding tert-OH is 1. The maximum atomic E-state index is 14.3. The number of hydrogen-bond acceptors (Lipinski definition) is 11. The minimum Gasteiger partial charge on any atom is -0.489 e. The second-order valence-electron chi connectivity index (χ2n) is 18.2. The number of nitrogens with zero attached hydrogens (tertiary/aromatic N) is 5. The summed E-state index contributed by atoms with van der Waals surface area (Å²) >= 11 is 0. The average molecular weight is 930 g/mol. The van der Waals surface area contributed by atoms with Crippen LogP contribution >= 0.6 is 0 Å². The Bertz CT molecular complexity index is 1930. The van der Waals surface area contributed by atoms with E-state index in [4.69, 9.17) is 14.2 Å². The fourth-order valence-electron chi connectivity index (χ4n) is 7.80. The zero-order valence-electron chi connectivity index (χ0n) is 40.4. The van der Waals surface area contributed by atoms with Crippen molar-refractivity contribution in [1.29, 1.82) is 0 Å². The highest BCUT2D eigenvalue weighted by Gasteiger charge is 2.33. The Balaban J connectivity index is 1.31.